The predicted octanol–water partition coefficient (Wildman–Crippen LogP) is 3.58. The first-order valence-electron chi connectivity index (χ1n) is 4.86. The topological polar surface area (TPSA) is 0 Å². The Labute approximate surface area is 74.7 Å². The normalized spacial score (nSPS) is 23.3. The molecule has 0 saturated carbocycles. The average Bonchev–Trinajstić information content (AvgIpc) is 2.21. The SMILES string of the molecule is [CH]1C=CC(C2=CCCCC2)=CC1. The molecule has 2 rings (SSSR count). The summed E-state index contributed by atoms with van der Waals surface area (Å²) in [5, 5.41) is 0. The van der Waals surface area contributed by atoms with Gasteiger partial charge in [-0.1, -0.05) is 24.3 Å². The van der Waals surface area contributed by atoms with E-state index in [0.29, 0.717) is 0 Å². The Balaban J connectivity index is 2.12. The van der Waals surface area contributed by atoms with Crippen LogP contribution in [0.2, 0.25) is 0 Å². The average molecular weight is 159 g/mol. The summed E-state index contributed by atoms with van der Waals surface area (Å²) in [5.74, 6) is 0. The molecule has 0 heteroatoms. The van der Waals surface area contributed by atoms with Gasteiger partial charge in [-0.25, -0.2) is 0 Å². The van der Waals surface area contributed by atoms with Crippen LogP contribution in [0.5, 0.6) is 0 Å². The minimum absolute atomic E-state index is 1.11. The highest BCUT2D eigenvalue weighted by atomic mass is 14.1. The van der Waals surface area contributed by atoms with Crippen LogP contribution in [0.4, 0.5) is 0 Å². The molecule has 2 aliphatic carbocycles. The lowest BCUT2D eigenvalue weighted by molar-refractivity contribution is 0.707. The maximum Gasteiger partial charge on any atom is -0.0129 e. The van der Waals surface area contributed by atoms with Crippen LogP contribution >= 0.6 is 0 Å². The monoisotopic (exact) mass is 159 g/mol. The molecule has 0 aromatic heterocycles. The molecule has 0 unspecified atom stereocenters. The van der Waals surface area contributed by atoms with Gasteiger partial charge in [-0.05, 0) is 49.7 Å². The molecule has 1 radical (unpaired) electrons. The standard InChI is InChI=1S/C12H15/c1-3-7-11(8-4-1)12-9-5-2-6-10-12/h1,3,7-9H,2,4-6,10H2. The van der Waals surface area contributed by atoms with E-state index in [9.17, 15) is 0 Å². The summed E-state index contributed by atoms with van der Waals surface area (Å²) < 4.78 is 0. The van der Waals surface area contributed by atoms with Gasteiger partial charge in [-0.2, -0.15) is 0 Å². The molecule has 0 aliphatic heterocycles. The molecule has 0 saturated heterocycles. The lowest BCUT2D eigenvalue weighted by atomic mass is 9.91. The van der Waals surface area contributed by atoms with Crippen molar-refractivity contribution in [1.29, 1.82) is 0 Å². The van der Waals surface area contributed by atoms with Crippen molar-refractivity contribution >= 4 is 0 Å². The molecule has 0 spiro atoms. The maximum absolute atomic E-state index is 2.41. The molecule has 12 heavy (non-hydrogen) atoms. The molecule has 0 heterocycles. The number of hydrogen-bond acceptors (Lipinski definition) is 0. The maximum atomic E-state index is 2.41. The minimum atomic E-state index is 1.11. The summed E-state index contributed by atoms with van der Waals surface area (Å²) in [6, 6.07) is 0. The summed E-state index contributed by atoms with van der Waals surface area (Å²) in [7, 11) is 0. The van der Waals surface area contributed by atoms with Gasteiger partial charge in [0, 0.05) is 0 Å². The summed E-state index contributed by atoms with van der Waals surface area (Å²) in [6.07, 6.45) is 17.8. The quantitative estimate of drug-likeness (QED) is 0.548. The highest BCUT2D eigenvalue weighted by molar-refractivity contribution is 5.43. The van der Waals surface area contributed by atoms with E-state index >= 15 is 0 Å². The largest absolute Gasteiger partial charge is 0.0807 e. The van der Waals surface area contributed by atoms with Crippen molar-refractivity contribution in [1.82, 2.24) is 0 Å². The van der Waals surface area contributed by atoms with Crippen molar-refractivity contribution in [3.8, 4) is 0 Å². The van der Waals surface area contributed by atoms with Crippen LogP contribution in [0, 0.1) is 6.42 Å². The van der Waals surface area contributed by atoms with Crippen molar-refractivity contribution in [2.45, 2.75) is 32.1 Å². The molecule has 0 aromatic rings. The van der Waals surface area contributed by atoms with Crippen molar-refractivity contribution < 1.29 is 0 Å². The summed E-state index contributed by atoms with van der Waals surface area (Å²) >= 11 is 0. The van der Waals surface area contributed by atoms with Gasteiger partial charge >= 0.3 is 0 Å². The Morgan fingerprint density at radius 3 is 2.75 bits per heavy atom. The van der Waals surface area contributed by atoms with E-state index in [4.69, 9.17) is 0 Å². The fraction of sp³-hybridized carbons (Fsp3) is 0.417. The van der Waals surface area contributed by atoms with E-state index in [1.807, 2.05) is 0 Å². The Hall–Kier alpha value is -0.780. The molecule has 0 fully saturated rings. The van der Waals surface area contributed by atoms with Crippen LogP contribution in [0.15, 0.2) is 35.5 Å². The zero-order chi connectivity index (χ0) is 8.23. The molecule has 0 atom stereocenters. The van der Waals surface area contributed by atoms with Gasteiger partial charge in [0.15, 0.2) is 0 Å². The molecule has 0 amide bonds. The van der Waals surface area contributed by atoms with Gasteiger partial charge in [0.1, 0.15) is 0 Å². The molecule has 63 valence electrons. The van der Waals surface area contributed by atoms with E-state index in [1.165, 1.54) is 31.3 Å². The third-order valence-electron chi connectivity index (χ3n) is 2.55. The molecule has 2 aliphatic rings. The second kappa shape index (κ2) is 3.75. The molecule has 0 nitrogen and oxygen atoms in total. The van der Waals surface area contributed by atoms with E-state index < -0.39 is 0 Å². The van der Waals surface area contributed by atoms with Crippen LogP contribution in [0.3, 0.4) is 0 Å². The fourth-order valence-electron chi connectivity index (χ4n) is 1.85. The Morgan fingerprint density at radius 1 is 1.08 bits per heavy atom. The first kappa shape index (κ1) is 7.85. The lowest BCUT2D eigenvalue weighted by Crippen LogP contribution is -1.96. The van der Waals surface area contributed by atoms with Crippen molar-refractivity contribution in [3.05, 3.63) is 41.9 Å². The number of hydrogen-bond donors (Lipinski definition) is 0. The highest BCUT2D eigenvalue weighted by Crippen LogP contribution is 2.26. The first-order chi connectivity index (χ1) is 5.97. The summed E-state index contributed by atoms with van der Waals surface area (Å²) in [6.45, 7) is 0. The molecule has 0 bridgehead atoms. The van der Waals surface area contributed by atoms with Gasteiger partial charge in [0.25, 0.3) is 0 Å². The van der Waals surface area contributed by atoms with Crippen LogP contribution in [0.1, 0.15) is 32.1 Å². The number of rotatable bonds is 1. The molecule has 0 aromatic carbocycles. The van der Waals surface area contributed by atoms with E-state index in [1.54, 1.807) is 5.57 Å². The second-order valence-corrected chi connectivity index (χ2v) is 3.47. The van der Waals surface area contributed by atoms with Crippen molar-refractivity contribution in [2.75, 3.05) is 0 Å². The Bertz CT molecular complexity index is 241. The highest BCUT2D eigenvalue weighted by Gasteiger charge is 2.07. The van der Waals surface area contributed by atoms with Crippen LogP contribution in [-0.2, 0) is 0 Å². The zero-order valence-electron chi connectivity index (χ0n) is 7.42. The van der Waals surface area contributed by atoms with Gasteiger partial charge in [-0.3, -0.25) is 0 Å². The van der Waals surface area contributed by atoms with Gasteiger partial charge < -0.3 is 0 Å². The van der Waals surface area contributed by atoms with Gasteiger partial charge in [-0.15, -0.1) is 0 Å². The predicted molar refractivity (Wildman–Crippen MR) is 52.7 cm³/mol. The molecular weight excluding hydrogens is 144 g/mol. The lowest BCUT2D eigenvalue weighted by Gasteiger charge is -2.15. The third kappa shape index (κ3) is 1.69. The van der Waals surface area contributed by atoms with Crippen LogP contribution in [-0.4, -0.2) is 0 Å². The third-order valence-corrected chi connectivity index (χ3v) is 2.55. The van der Waals surface area contributed by atoms with E-state index in [2.05, 4.69) is 30.7 Å². The first-order valence-corrected chi connectivity index (χ1v) is 4.86. The van der Waals surface area contributed by atoms with Gasteiger partial charge in [0.2, 0.25) is 0 Å². The zero-order valence-corrected chi connectivity index (χ0v) is 7.42. The second-order valence-electron chi connectivity index (χ2n) is 3.47. The Kier molecular flexibility index (Phi) is 2.45. The van der Waals surface area contributed by atoms with Crippen LogP contribution in [0.25, 0.3) is 0 Å². The summed E-state index contributed by atoms with van der Waals surface area (Å²) in [5.41, 5.74) is 3.04. The minimum Gasteiger partial charge on any atom is -0.0807 e. The Morgan fingerprint density at radius 2 is 2.08 bits per heavy atom. The van der Waals surface area contributed by atoms with E-state index in [-0.39, 0.29) is 0 Å². The smallest absolute Gasteiger partial charge is 0.0129 e. The fourth-order valence-corrected chi connectivity index (χ4v) is 1.85. The van der Waals surface area contributed by atoms with Gasteiger partial charge in [0.05, 0.1) is 0 Å². The van der Waals surface area contributed by atoms with Crippen molar-refractivity contribution in [3.63, 3.8) is 0 Å². The van der Waals surface area contributed by atoms with Crippen LogP contribution < -0.4 is 0 Å². The summed E-state index contributed by atoms with van der Waals surface area (Å²) in [4.78, 5) is 0. The molecule has 0 N–H and O–H groups in total. The molecular formula is C12H15. The van der Waals surface area contributed by atoms with Crippen molar-refractivity contribution in [2.24, 2.45) is 0 Å². The number of allylic oxidation sites excluding steroid dienone is 6. The van der Waals surface area contributed by atoms with E-state index in [0.717, 1.165) is 6.42 Å².